The number of hydrogen-bond acceptors (Lipinski definition) is 3. The molecule has 2 rings (SSSR count). The van der Waals surface area contributed by atoms with E-state index in [1.54, 1.807) is 11.3 Å². The lowest BCUT2D eigenvalue weighted by atomic mass is 10.1. The molecule has 2 aromatic rings. The molecule has 0 saturated carbocycles. The summed E-state index contributed by atoms with van der Waals surface area (Å²) >= 11 is 5.33. The fraction of sp³-hybridized carbons (Fsp3) is 0.417. The third kappa shape index (κ3) is 2.44. The minimum atomic E-state index is 0.736. The molecule has 4 heteroatoms. The van der Waals surface area contributed by atoms with Crippen molar-refractivity contribution in [3.8, 4) is 0 Å². The summed E-state index contributed by atoms with van der Waals surface area (Å²) in [5.41, 5.74) is 8.01. The molecular formula is C12H15BrN2S. The zero-order valence-electron chi connectivity index (χ0n) is 9.29. The Balaban J connectivity index is 2.43. The molecule has 1 heterocycles. The predicted octanol–water partition coefficient (Wildman–Crippen LogP) is 3.51. The number of hydrogen-bond donors (Lipinski definition) is 1. The van der Waals surface area contributed by atoms with Crippen LogP contribution >= 0.6 is 27.3 Å². The third-order valence-corrected chi connectivity index (χ3v) is 4.08. The average molecular weight is 299 g/mol. The van der Waals surface area contributed by atoms with E-state index in [0.717, 1.165) is 30.3 Å². The molecule has 0 saturated heterocycles. The zero-order chi connectivity index (χ0) is 11.5. The largest absolute Gasteiger partial charge is 0.330 e. The van der Waals surface area contributed by atoms with E-state index >= 15 is 0 Å². The number of nitrogens with two attached hydrogens (primary N) is 1. The van der Waals surface area contributed by atoms with Crippen molar-refractivity contribution in [2.24, 2.45) is 5.73 Å². The highest BCUT2D eigenvalue weighted by molar-refractivity contribution is 9.10. The summed E-state index contributed by atoms with van der Waals surface area (Å²) in [5.74, 6) is 0. The summed E-state index contributed by atoms with van der Waals surface area (Å²) in [7, 11) is 0. The van der Waals surface area contributed by atoms with Crippen LogP contribution in [-0.2, 0) is 12.8 Å². The Hall–Kier alpha value is -0.450. The minimum Gasteiger partial charge on any atom is -0.330 e. The van der Waals surface area contributed by atoms with Gasteiger partial charge in [0.05, 0.1) is 15.2 Å². The maximum atomic E-state index is 5.52. The van der Waals surface area contributed by atoms with Crippen LogP contribution in [0.2, 0.25) is 0 Å². The highest BCUT2D eigenvalue weighted by atomic mass is 79.9. The number of aryl methyl sites for hydroxylation is 2. The maximum Gasteiger partial charge on any atom is 0.0939 e. The first-order chi connectivity index (χ1) is 7.74. The molecule has 1 aromatic heterocycles. The van der Waals surface area contributed by atoms with Crippen molar-refractivity contribution in [3.63, 3.8) is 0 Å². The molecule has 0 aliphatic carbocycles. The first kappa shape index (κ1) is 12.0. The Bertz CT molecular complexity index is 493. The van der Waals surface area contributed by atoms with Crippen LogP contribution in [0.1, 0.15) is 23.9 Å². The van der Waals surface area contributed by atoms with E-state index in [-0.39, 0.29) is 0 Å². The Kier molecular flexibility index (Phi) is 3.95. The van der Waals surface area contributed by atoms with Gasteiger partial charge in [0.1, 0.15) is 0 Å². The van der Waals surface area contributed by atoms with E-state index in [2.05, 4.69) is 35.0 Å². The summed E-state index contributed by atoms with van der Waals surface area (Å²) in [6, 6.07) is 4.31. The fourth-order valence-corrected chi connectivity index (χ4v) is 3.49. The Labute approximate surface area is 108 Å². The van der Waals surface area contributed by atoms with Crippen LogP contribution < -0.4 is 5.73 Å². The number of aromatic nitrogens is 1. The highest BCUT2D eigenvalue weighted by Crippen LogP contribution is 2.29. The maximum absolute atomic E-state index is 5.52. The van der Waals surface area contributed by atoms with E-state index in [9.17, 15) is 0 Å². The Morgan fingerprint density at radius 1 is 1.44 bits per heavy atom. The van der Waals surface area contributed by atoms with Crippen LogP contribution in [0, 0.1) is 0 Å². The van der Waals surface area contributed by atoms with Crippen molar-refractivity contribution >= 4 is 37.5 Å². The topological polar surface area (TPSA) is 38.9 Å². The molecule has 86 valence electrons. The molecule has 0 unspecified atom stereocenters. The molecule has 0 radical (unpaired) electrons. The molecule has 0 amide bonds. The van der Waals surface area contributed by atoms with Gasteiger partial charge in [-0.1, -0.05) is 22.9 Å². The number of nitrogens with zero attached hydrogens (tertiary/aromatic N) is 1. The van der Waals surface area contributed by atoms with Gasteiger partial charge < -0.3 is 5.73 Å². The molecule has 2 N–H and O–H groups in total. The molecule has 0 aliphatic heterocycles. The van der Waals surface area contributed by atoms with Crippen LogP contribution in [0.4, 0.5) is 0 Å². The molecule has 0 fully saturated rings. The zero-order valence-corrected chi connectivity index (χ0v) is 11.7. The predicted molar refractivity (Wildman–Crippen MR) is 74.1 cm³/mol. The lowest BCUT2D eigenvalue weighted by Gasteiger charge is -1.98. The summed E-state index contributed by atoms with van der Waals surface area (Å²) < 4.78 is 2.42. The number of thiazole rings is 1. The van der Waals surface area contributed by atoms with Crippen molar-refractivity contribution in [1.82, 2.24) is 4.98 Å². The van der Waals surface area contributed by atoms with Gasteiger partial charge in [-0.3, -0.25) is 0 Å². The highest BCUT2D eigenvalue weighted by Gasteiger charge is 2.08. The van der Waals surface area contributed by atoms with Crippen LogP contribution in [0.5, 0.6) is 0 Å². The molecule has 0 atom stereocenters. The summed E-state index contributed by atoms with van der Waals surface area (Å²) in [5, 5.41) is 1.20. The fourth-order valence-electron chi connectivity index (χ4n) is 1.74. The van der Waals surface area contributed by atoms with E-state index in [1.807, 2.05) is 0 Å². The van der Waals surface area contributed by atoms with Gasteiger partial charge in [0.25, 0.3) is 0 Å². The van der Waals surface area contributed by atoms with Crippen molar-refractivity contribution < 1.29 is 0 Å². The van der Waals surface area contributed by atoms with Gasteiger partial charge in [0, 0.05) is 10.9 Å². The van der Waals surface area contributed by atoms with Crippen molar-refractivity contribution in [1.29, 1.82) is 0 Å². The van der Waals surface area contributed by atoms with Crippen molar-refractivity contribution in [2.75, 3.05) is 6.54 Å². The molecule has 1 aromatic carbocycles. The number of rotatable bonds is 4. The smallest absolute Gasteiger partial charge is 0.0939 e. The molecule has 2 nitrogen and oxygen atoms in total. The van der Waals surface area contributed by atoms with E-state index < -0.39 is 0 Å². The monoisotopic (exact) mass is 298 g/mol. The van der Waals surface area contributed by atoms with Gasteiger partial charge in [0.2, 0.25) is 0 Å². The third-order valence-electron chi connectivity index (χ3n) is 2.56. The van der Waals surface area contributed by atoms with Gasteiger partial charge in [-0.25, -0.2) is 4.98 Å². The quantitative estimate of drug-likeness (QED) is 0.938. The number of halogens is 1. The number of fused-ring (bicyclic) bond motifs is 1. The van der Waals surface area contributed by atoms with Crippen LogP contribution in [-0.4, -0.2) is 11.5 Å². The van der Waals surface area contributed by atoms with Crippen LogP contribution in [0.15, 0.2) is 16.6 Å². The van der Waals surface area contributed by atoms with Gasteiger partial charge in [-0.2, -0.15) is 0 Å². The average Bonchev–Trinajstić information content (AvgIpc) is 2.67. The van der Waals surface area contributed by atoms with Gasteiger partial charge in [-0.05, 0) is 37.1 Å². The van der Waals surface area contributed by atoms with Crippen molar-refractivity contribution in [3.05, 3.63) is 27.2 Å². The first-order valence-electron chi connectivity index (χ1n) is 5.52. The standard InChI is InChI=1S/C12H15BrN2S/c1-2-8-6-9(13)7-10-12(8)15-11(16-10)4-3-5-14/h6-7H,2-5,14H2,1H3. The molecular weight excluding hydrogens is 284 g/mol. The minimum absolute atomic E-state index is 0.736. The summed E-state index contributed by atoms with van der Waals surface area (Å²) in [4.78, 5) is 4.70. The van der Waals surface area contributed by atoms with E-state index in [1.165, 1.54) is 20.8 Å². The normalized spacial score (nSPS) is 11.2. The Morgan fingerprint density at radius 2 is 2.25 bits per heavy atom. The van der Waals surface area contributed by atoms with E-state index in [4.69, 9.17) is 10.7 Å². The second kappa shape index (κ2) is 5.25. The number of benzene rings is 1. The first-order valence-corrected chi connectivity index (χ1v) is 7.13. The van der Waals surface area contributed by atoms with E-state index in [0.29, 0.717) is 0 Å². The van der Waals surface area contributed by atoms with Gasteiger partial charge in [-0.15, -0.1) is 11.3 Å². The molecule has 0 bridgehead atoms. The molecule has 0 spiro atoms. The molecule has 16 heavy (non-hydrogen) atoms. The Morgan fingerprint density at radius 3 is 2.94 bits per heavy atom. The summed E-state index contributed by atoms with van der Waals surface area (Å²) in [6.45, 7) is 2.90. The summed E-state index contributed by atoms with van der Waals surface area (Å²) in [6.07, 6.45) is 3.04. The van der Waals surface area contributed by atoms with Gasteiger partial charge in [0.15, 0.2) is 0 Å². The van der Waals surface area contributed by atoms with Crippen molar-refractivity contribution in [2.45, 2.75) is 26.2 Å². The van der Waals surface area contributed by atoms with Crippen LogP contribution in [0.3, 0.4) is 0 Å². The van der Waals surface area contributed by atoms with Gasteiger partial charge >= 0.3 is 0 Å². The lowest BCUT2D eigenvalue weighted by molar-refractivity contribution is 0.828. The molecule has 0 aliphatic rings. The lowest BCUT2D eigenvalue weighted by Crippen LogP contribution is -1.99. The van der Waals surface area contributed by atoms with Crippen LogP contribution in [0.25, 0.3) is 10.2 Å². The second-order valence-electron chi connectivity index (χ2n) is 3.77. The second-order valence-corrected chi connectivity index (χ2v) is 5.80. The SMILES string of the molecule is CCc1cc(Br)cc2sc(CCCN)nc12.